The first-order valence-corrected chi connectivity index (χ1v) is 7.46. The van der Waals surface area contributed by atoms with Gasteiger partial charge in [0.15, 0.2) is 0 Å². The number of nitrogens with two attached hydrogens (primary N) is 1. The van der Waals surface area contributed by atoms with Gasteiger partial charge in [0.2, 0.25) is 0 Å². The van der Waals surface area contributed by atoms with E-state index in [1.165, 1.54) is 16.7 Å². The molecule has 1 atom stereocenters. The molecule has 0 amide bonds. The summed E-state index contributed by atoms with van der Waals surface area (Å²) in [7, 11) is 0. The van der Waals surface area contributed by atoms with Crippen LogP contribution in [0.4, 0.5) is 0 Å². The molecule has 0 radical (unpaired) electrons. The van der Waals surface area contributed by atoms with E-state index < -0.39 is 0 Å². The molecule has 1 rings (SSSR count). The zero-order chi connectivity index (χ0) is 15.1. The summed E-state index contributed by atoms with van der Waals surface area (Å²) in [6, 6.07) is 4.52. The number of hydrogen-bond acceptors (Lipinski definition) is 3. The Morgan fingerprint density at radius 2 is 1.65 bits per heavy atom. The molecule has 3 nitrogen and oxygen atoms in total. The molecule has 0 saturated carbocycles. The van der Waals surface area contributed by atoms with E-state index >= 15 is 0 Å². The van der Waals surface area contributed by atoms with Crippen molar-refractivity contribution in [3.8, 4) is 5.75 Å². The molecule has 114 valence electrons. The maximum atomic E-state index is 5.85. The number of aryl methyl sites for hydroxylation is 2. The van der Waals surface area contributed by atoms with Gasteiger partial charge in [-0.3, -0.25) is 0 Å². The fourth-order valence-corrected chi connectivity index (χ4v) is 2.28. The standard InChI is InChI=1S/C17H29NO2/c1-12(2)11-19-6-7-20-17-13(3)8-16(9-14(17)4)10-15(5)18/h8-9,12,15H,6-7,10-11,18H2,1-5H3. The third kappa shape index (κ3) is 5.93. The highest BCUT2D eigenvalue weighted by Crippen LogP contribution is 2.25. The molecule has 1 aromatic rings. The van der Waals surface area contributed by atoms with E-state index in [4.69, 9.17) is 15.2 Å². The fourth-order valence-electron chi connectivity index (χ4n) is 2.28. The van der Waals surface area contributed by atoms with E-state index in [-0.39, 0.29) is 6.04 Å². The first-order chi connectivity index (χ1) is 9.40. The molecule has 1 unspecified atom stereocenters. The summed E-state index contributed by atoms with van der Waals surface area (Å²) in [4.78, 5) is 0. The van der Waals surface area contributed by atoms with E-state index in [0.717, 1.165) is 18.8 Å². The summed E-state index contributed by atoms with van der Waals surface area (Å²) in [6.07, 6.45) is 0.902. The second kappa shape index (κ2) is 8.28. The van der Waals surface area contributed by atoms with E-state index in [1.807, 2.05) is 6.92 Å². The minimum Gasteiger partial charge on any atom is -0.491 e. The molecule has 0 heterocycles. The number of benzene rings is 1. The van der Waals surface area contributed by atoms with Gasteiger partial charge < -0.3 is 15.2 Å². The molecule has 0 aliphatic carbocycles. The molecule has 0 spiro atoms. The second-order valence-corrected chi connectivity index (χ2v) is 6.06. The number of ether oxygens (including phenoxy) is 2. The maximum Gasteiger partial charge on any atom is 0.125 e. The van der Waals surface area contributed by atoms with Crippen LogP contribution in [0.3, 0.4) is 0 Å². The molecule has 20 heavy (non-hydrogen) atoms. The third-order valence-electron chi connectivity index (χ3n) is 3.00. The lowest BCUT2D eigenvalue weighted by Gasteiger charge is -2.15. The zero-order valence-corrected chi connectivity index (χ0v) is 13.5. The molecule has 3 heteroatoms. The Bertz CT molecular complexity index is 390. The van der Waals surface area contributed by atoms with Crippen molar-refractivity contribution < 1.29 is 9.47 Å². The molecule has 2 N–H and O–H groups in total. The van der Waals surface area contributed by atoms with E-state index in [1.54, 1.807) is 0 Å². The van der Waals surface area contributed by atoms with Gasteiger partial charge in [0.1, 0.15) is 12.4 Å². The van der Waals surface area contributed by atoms with Gasteiger partial charge in [0, 0.05) is 12.6 Å². The van der Waals surface area contributed by atoms with Crippen LogP contribution in [0.25, 0.3) is 0 Å². The van der Waals surface area contributed by atoms with Gasteiger partial charge >= 0.3 is 0 Å². The van der Waals surface area contributed by atoms with Gasteiger partial charge in [-0.15, -0.1) is 0 Å². The molecular formula is C17H29NO2. The van der Waals surface area contributed by atoms with E-state index in [0.29, 0.717) is 19.1 Å². The Labute approximate surface area is 123 Å². The summed E-state index contributed by atoms with van der Waals surface area (Å²) in [5, 5.41) is 0. The lowest BCUT2D eigenvalue weighted by molar-refractivity contribution is 0.0815. The highest BCUT2D eigenvalue weighted by atomic mass is 16.5. The Kier molecular flexibility index (Phi) is 7.03. The summed E-state index contributed by atoms with van der Waals surface area (Å²) in [5.41, 5.74) is 9.47. The smallest absolute Gasteiger partial charge is 0.125 e. The van der Waals surface area contributed by atoms with Crippen molar-refractivity contribution in [3.63, 3.8) is 0 Å². The minimum atomic E-state index is 0.185. The Morgan fingerprint density at radius 3 is 2.15 bits per heavy atom. The maximum absolute atomic E-state index is 5.85. The lowest BCUT2D eigenvalue weighted by Crippen LogP contribution is -2.18. The quantitative estimate of drug-likeness (QED) is 0.743. The van der Waals surface area contributed by atoms with E-state index in [2.05, 4.69) is 39.8 Å². The number of hydrogen-bond donors (Lipinski definition) is 1. The topological polar surface area (TPSA) is 44.5 Å². The molecule has 0 fully saturated rings. The van der Waals surface area contributed by atoms with Crippen LogP contribution in [0.1, 0.15) is 37.5 Å². The molecule has 0 saturated heterocycles. The molecule has 0 aliphatic heterocycles. The van der Waals surface area contributed by atoms with Crippen LogP contribution in [0.15, 0.2) is 12.1 Å². The average molecular weight is 279 g/mol. The lowest BCUT2D eigenvalue weighted by atomic mass is 10.0. The molecule has 1 aromatic carbocycles. The van der Waals surface area contributed by atoms with Crippen molar-refractivity contribution in [2.45, 2.75) is 47.1 Å². The predicted octanol–water partition coefficient (Wildman–Crippen LogP) is 3.24. The van der Waals surface area contributed by atoms with Crippen LogP contribution in [0, 0.1) is 19.8 Å². The van der Waals surface area contributed by atoms with Crippen LogP contribution < -0.4 is 10.5 Å². The zero-order valence-electron chi connectivity index (χ0n) is 13.5. The van der Waals surface area contributed by atoms with Crippen molar-refractivity contribution in [1.29, 1.82) is 0 Å². The molecular weight excluding hydrogens is 250 g/mol. The molecule has 0 aliphatic rings. The minimum absolute atomic E-state index is 0.185. The van der Waals surface area contributed by atoms with Gasteiger partial charge in [0.05, 0.1) is 6.61 Å². The monoisotopic (exact) mass is 279 g/mol. The van der Waals surface area contributed by atoms with Crippen molar-refractivity contribution in [2.75, 3.05) is 19.8 Å². The predicted molar refractivity (Wildman–Crippen MR) is 84.4 cm³/mol. The largest absolute Gasteiger partial charge is 0.491 e. The van der Waals surface area contributed by atoms with Gasteiger partial charge in [0.25, 0.3) is 0 Å². The first-order valence-electron chi connectivity index (χ1n) is 7.46. The van der Waals surface area contributed by atoms with Gasteiger partial charge in [-0.1, -0.05) is 26.0 Å². The second-order valence-electron chi connectivity index (χ2n) is 6.06. The Balaban J connectivity index is 2.53. The third-order valence-corrected chi connectivity index (χ3v) is 3.00. The van der Waals surface area contributed by atoms with Crippen LogP contribution in [-0.2, 0) is 11.2 Å². The van der Waals surface area contributed by atoms with Crippen LogP contribution in [-0.4, -0.2) is 25.9 Å². The summed E-state index contributed by atoms with van der Waals surface area (Å²) >= 11 is 0. The van der Waals surface area contributed by atoms with Crippen molar-refractivity contribution in [1.82, 2.24) is 0 Å². The van der Waals surface area contributed by atoms with Crippen LogP contribution in [0.2, 0.25) is 0 Å². The number of rotatable bonds is 8. The van der Waals surface area contributed by atoms with Gasteiger partial charge in [-0.05, 0) is 49.8 Å². The first kappa shape index (κ1) is 17.0. The Morgan fingerprint density at radius 1 is 1.05 bits per heavy atom. The van der Waals surface area contributed by atoms with E-state index in [9.17, 15) is 0 Å². The van der Waals surface area contributed by atoms with Crippen molar-refractivity contribution in [3.05, 3.63) is 28.8 Å². The SMILES string of the molecule is Cc1cc(CC(C)N)cc(C)c1OCCOCC(C)C. The average Bonchev–Trinajstić information content (AvgIpc) is 2.30. The highest BCUT2D eigenvalue weighted by molar-refractivity contribution is 5.43. The van der Waals surface area contributed by atoms with Crippen LogP contribution in [0.5, 0.6) is 5.75 Å². The van der Waals surface area contributed by atoms with Crippen molar-refractivity contribution >= 4 is 0 Å². The van der Waals surface area contributed by atoms with Gasteiger partial charge in [-0.25, -0.2) is 0 Å². The summed E-state index contributed by atoms with van der Waals surface area (Å²) in [5.74, 6) is 1.54. The fraction of sp³-hybridized carbons (Fsp3) is 0.647. The Hall–Kier alpha value is -1.06. The normalized spacial score (nSPS) is 12.8. The van der Waals surface area contributed by atoms with Crippen LogP contribution >= 0.6 is 0 Å². The summed E-state index contributed by atoms with van der Waals surface area (Å²) in [6.45, 7) is 12.5. The molecule has 0 bridgehead atoms. The highest BCUT2D eigenvalue weighted by Gasteiger charge is 2.08. The summed E-state index contributed by atoms with van der Waals surface area (Å²) < 4.78 is 11.4. The van der Waals surface area contributed by atoms with Gasteiger partial charge in [-0.2, -0.15) is 0 Å². The van der Waals surface area contributed by atoms with Crippen molar-refractivity contribution in [2.24, 2.45) is 11.7 Å². The molecule has 0 aromatic heterocycles.